The number of anilines is 1. The number of nitrogens with zero attached hydrogens (tertiary/aromatic N) is 2. The monoisotopic (exact) mass is 225 g/mol. The highest BCUT2D eigenvalue weighted by Crippen LogP contribution is 2.30. The second-order valence-corrected chi connectivity index (χ2v) is 4.03. The third-order valence-corrected chi connectivity index (χ3v) is 2.94. The normalized spacial score (nSPS) is 13.9. The zero-order valence-electron chi connectivity index (χ0n) is 9.13. The van der Waals surface area contributed by atoms with E-state index in [2.05, 4.69) is 4.98 Å². The number of nitrogens with two attached hydrogens (primary N) is 1. The van der Waals surface area contributed by atoms with Crippen molar-refractivity contribution in [2.45, 2.75) is 6.42 Å². The molecule has 0 bridgehead atoms. The van der Waals surface area contributed by atoms with E-state index in [9.17, 15) is 4.79 Å². The molecule has 4 nitrogen and oxygen atoms in total. The number of carbonyl (C=O) groups excluding carboxylic acids is 1. The molecule has 1 aromatic heterocycles. The lowest BCUT2D eigenvalue weighted by Gasteiger charge is -2.09. The van der Waals surface area contributed by atoms with E-state index in [0.717, 1.165) is 22.4 Å². The highest BCUT2D eigenvalue weighted by atomic mass is 16.2. The zero-order chi connectivity index (χ0) is 11.8. The molecule has 0 spiro atoms. The Bertz CT molecular complexity index is 580. The van der Waals surface area contributed by atoms with Gasteiger partial charge in [0.25, 0.3) is 0 Å². The Kier molecular flexibility index (Phi) is 2.16. The van der Waals surface area contributed by atoms with Crippen molar-refractivity contribution in [2.75, 3.05) is 5.01 Å². The lowest BCUT2D eigenvalue weighted by atomic mass is 10.0. The predicted molar refractivity (Wildman–Crippen MR) is 65.1 cm³/mol. The summed E-state index contributed by atoms with van der Waals surface area (Å²) in [6, 6.07) is 9.71. The molecular formula is C13H11N3O. The molecule has 4 heteroatoms. The van der Waals surface area contributed by atoms with Crippen LogP contribution in [0.4, 0.5) is 5.69 Å². The van der Waals surface area contributed by atoms with Crippen LogP contribution in [0.15, 0.2) is 42.7 Å². The van der Waals surface area contributed by atoms with Crippen LogP contribution in [-0.4, -0.2) is 10.9 Å². The maximum Gasteiger partial charge on any atom is 0.245 e. The molecule has 0 aliphatic carbocycles. The molecule has 1 aliphatic heterocycles. The minimum Gasteiger partial charge on any atom is -0.273 e. The summed E-state index contributed by atoms with van der Waals surface area (Å²) in [6.07, 6.45) is 3.92. The van der Waals surface area contributed by atoms with Crippen LogP contribution < -0.4 is 10.9 Å². The number of hydrogen-bond acceptors (Lipinski definition) is 3. The van der Waals surface area contributed by atoms with Crippen LogP contribution in [0, 0.1) is 0 Å². The smallest absolute Gasteiger partial charge is 0.245 e. The van der Waals surface area contributed by atoms with Crippen molar-refractivity contribution in [2.24, 2.45) is 5.84 Å². The van der Waals surface area contributed by atoms with E-state index < -0.39 is 0 Å². The van der Waals surface area contributed by atoms with Crippen molar-refractivity contribution >= 4 is 11.6 Å². The first-order valence-corrected chi connectivity index (χ1v) is 5.37. The van der Waals surface area contributed by atoms with Gasteiger partial charge in [-0.2, -0.15) is 0 Å². The number of fused-ring (bicyclic) bond motifs is 1. The minimum absolute atomic E-state index is 0.0664. The number of carbonyl (C=O) groups is 1. The third kappa shape index (κ3) is 1.59. The Balaban J connectivity index is 2.07. The summed E-state index contributed by atoms with van der Waals surface area (Å²) in [6.45, 7) is 0. The van der Waals surface area contributed by atoms with E-state index in [0.29, 0.717) is 6.42 Å². The van der Waals surface area contributed by atoms with E-state index in [1.807, 2.05) is 30.3 Å². The second-order valence-electron chi connectivity index (χ2n) is 4.03. The molecule has 2 heterocycles. The SMILES string of the molecule is NN1C(=O)Cc2cc(-c3cccnc3)ccc21. The first-order chi connectivity index (χ1) is 8.25. The van der Waals surface area contributed by atoms with Gasteiger partial charge in [-0.25, -0.2) is 10.9 Å². The summed E-state index contributed by atoms with van der Waals surface area (Å²) < 4.78 is 0. The van der Waals surface area contributed by atoms with Crippen molar-refractivity contribution in [3.63, 3.8) is 0 Å². The van der Waals surface area contributed by atoms with Crippen LogP contribution in [0.25, 0.3) is 11.1 Å². The van der Waals surface area contributed by atoms with Crippen LogP contribution in [-0.2, 0) is 11.2 Å². The Hall–Kier alpha value is -2.20. The second kappa shape index (κ2) is 3.68. The van der Waals surface area contributed by atoms with Gasteiger partial charge in [-0.3, -0.25) is 9.78 Å². The van der Waals surface area contributed by atoms with Gasteiger partial charge in [0.05, 0.1) is 12.1 Å². The molecule has 1 aliphatic rings. The van der Waals surface area contributed by atoms with Crippen LogP contribution in [0.5, 0.6) is 0 Å². The van der Waals surface area contributed by atoms with Gasteiger partial charge in [0, 0.05) is 12.4 Å². The van der Waals surface area contributed by atoms with Gasteiger partial charge in [0.1, 0.15) is 0 Å². The van der Waals surface area contributed by atoms with Gasteiger partial charge in [-0.1, -0.05) is 12.1 Å². The van der Waals surface area contributed by atoms with Crippen molar-refractivity contribution < 1.29 is 4.79 Å². The van der Waals surface area contributed by atoms with E-state index in [-0.39, 0.29) is 5.91 Å². The molecule has 0 fully saturated rings. The highest BCUT2D eigenvalue weighted by Gasteiger charge is 2.24. The number of benzene rings is 1. The summed E-state index contributed by atoms with van der Waals surface area (Å²) >= 11 is 0. The number of rotatable bonds is 1. The molecule has 1 aromatic carbocycles. The van der Waals surface area contributed by atoms with Gasteiger partial charge >= 0.3 is 0 Å². The maximum atomic E-state index is 11.5. The molecule has 17 heavy (non-hydrogen) atoms. The minimum atomic E-state index is -0.0664. The number of hydrogen-bond donors (Lipinski definition) is 1. The third-order valence-electron chi connectivity index (χ3n) is 2.94. The van der Waals surface area contributed by atoms with E-state index in [1.54, 1.807) is 12.4 Å². The first kappa shape index (κ1) is 9.99. The van der Waals surface area contributed by atoms with E-state index in [4.69, 9.17) is 5.84 Å². The number of pyridine rings is 1. The molecule has 3 rings (SSSR count). The fourth-order valence-corrected chi connectivity index (χ4v) is 2.06. The standard InChI is InChI=1S/C13H11N3O/c14-16-12-4-3-9(6-11(12)7-13(16)17)10-2-1-5-15-8-10/h1-6,8H,7,14H2. The summed E-state index contributed by atoms with van der Waals surface area (Å²) in [4.78, 5) is 15.5. The largest absolute Gasteiger partial charge is 0.273 e. The summed E-state index contributed by atoms with van der Waals surface area (Å²) in [5.74, 6) is 5.58. The van der Waals surface area contributed by atoms with Crippen molar-refractivity contribution in [1.29, 1.82) is 0 Å². The van der Waals surface area contributed by atoms with Gasteiger partial charge in [-0.05, 0) is 34.9 Å². The quantitative estimate of drug-likeness (QED) is 0.591. The van der Waals surface area contributed by atoms with Crippen LogP contribution in [0.2, 0.25) is 0 Å². The number of hydrazine groups is 1. The lowest BCUT2D eigenvalue weighted by molar-refractivity contribution is -0.117. The highest BCUT2D eigenvalue weighted by molar-refractivity contribution is 6.00. The van der Waals surface area contributed by atoms with E-state index >= 15 is 0 Å². The predicted octanol–water partition coefficient (Wildman–Crippen LogP) is 1.51. The number of aromatic nitrogens is 1. The Morgan fingerprint density at radius 2 is 2.12 bits per heavy atom. The molecule has 1 amide bonds. The lowest BCUT2D eigenvalue weighted by Crippen LogP contribution is -2.33. The number of amides is 1. The van der Waals surface area contributed by atoms with Gasteiger partial charge < -0.3 is 0 Å². The Morgan fingerprint density at radius 1 is 1.24 bits per heavy atom. The van der Waals surface area contributed by atoms with Gasteiger partial charge in [-0.15, -0.1) is 0 Å². The molecule has 0 saturated carbocycles. The zero-order valence-corrected chi connectivity index (χ0v) is 9.13. The Morgan fingerprint density at radius 3 is 2.88 bits per heavy atom. The molecule has 0 saturated heterocycles. The molecule has 2 N–H and O–H groups in total. The van der Waals surface area contributed by atoms with Crippen LogP contribution in [0.3, 0.4) is 0 Å². The molecule has 84 valence electrons. The molecular weight excluding hydrogens is 214 g/mol. The summed E-state index contributed by atoms with van der Waals surface area (Å²) in [7, 11) is 0. The first-order valence-electron chi connectivity index (χ1n) is 5.37. The van der Waals surface area contributed by atoms with Gasteiger partial charge in [0.15, 0.2) is 0 Å². The Labute approximate surface area is 98.7 Å². The van der Waals surface area contributed by atoms with E-state index in [1.165, 1.54) is 5.01 Å². The van der Waals surface area contributed by atoms with Crippen molar-refractivity contribution in [1.82, 2.24) is 4.98 Å². The average Bonchev–Trinajstić information content (AvgIpc) is 2.66. The van der Waals surface area contributed by atoms with Crippen LogP contribution in [0.1, 0.15) is 5.56 Å². The fraction of sp³-hybridized carbons (Fsp3) is 0.0769. The van der Waals surface area contributed by atoms with Crippen molar-refractivity contribution in [3.05, 3.63) is 48.3 Å². The maximum absolute atomic E-state index is 11.5. The average molecular weight is 225 g/mol. The topological polar surface area (TPSA) is 59.2 Å². The molecule has 0 atom stereocenters. The van der Waals surface area contributed by atoms with Crippen molar-refractivity contribution in [3.8, 4) is 11.1 Å². The summed E-state index contributed by atoms with van der Waals surface area (Å²) in [5.41, 5.74) is 3.86. The molecule has 0 unspecified atom stereocenters. The molecule has 2 aromatic rings. The fourth-order valence-electron chi connectivity index (χ4n) is 2.06. The molecule has 0 radical (unpaired) electrons. The van der Waals surface area contributed by atoms with Crippen LogP contribution >= 0.6 is 0 Å². The van der Waals surface area contributed by atoms with Gasteiger partial charge in [0.2, 0.25) is 5.91 Å². The summed E-state index contributed by atoms with van der Waals surface area (Å²) in [5, 5.41) is 1.21.